The van der Waals surface area contributed by atoms with Gasteiger partial charge in [0, 0.05) is 23.5 Å². The van der Waals surface area contributed by atoms with Crippen LogP contribution in [0.4, 0.5) is 0 Å². The highest BCUT2D eigenvalue weighted by atomic mass is 32.1. The molecule has 0 bridgehead atoms. The number of hydrogen-bond donors (Lipinski definition) is 1. The molecule has 2 rings (SSSR count). The second-order valence-corrected chi connectivity index (χ2v) is 6.69. The van der Waals surface area contributed by atoms with Crippen LogP contribution >= 0.6 is 11.3 Å². The summed E-state index contributed by atoms with van der Waals surface area (Å²) in [6.07, 6.45) is 2.51. The molecular weight excluding hydrogens is 264 g/mol. The molecule has 1 N–H and O–H groups in total. The van der Waals surface area contributed by atoms with Gasteiger partial charge in [0.25, 0.3) is 0 Å². The van der Waals surface area contributed by atoms with Gasteiger partial charge in [-0.2, -0.15) is 0 Å². The van der Waals surface area contributed by atoms with E-state index in [1.807, 2.05) is 6.07 Å². The Labute approximate surface area is 126 Å². The number of nitrogens with one attached hydrogen (secondary N) is 1. The Morgan fingerprint density at radius 2 is 1.85 bits per heavy atom. The van der Waals surface area contributed by atoms with Crippen molar-refractivity contribution in [3.8, 4) is 11.3 Å². The Hall–Kier alpha value is -1.19. The second-order valence-electron chi connectivity index (χ2n) is 5.75. The van der Waals surface area contributed by atoms with Crippen molar-refractivity contribution in [2.45, 2.75) is 46.2 Å². The smallest absolute Gasteiger partial charge is 0.107 e. The van der Waals surface area contributed by atoms with Gasteiger partial charge in [-0.05, 0) is 25.7 Å². The van der Waals surface area contributed by atoms with Crippen molar-refractivity contribution < 1.29 is 0 Å². The highest BCUT2D eigenvalue weighted by molar-refractivity contribution is 7.09. The van der Waals surface area contributed by atoms with Crippen molar-refractivity contribution in [1.82, 2.24) is 10.3 Å². The summed E-state index contributed by atoms with van der Waals surface area (Å²) in [5.74, 6) is 0.781. The van der Waals surface area contributed by atoms with E-state index in [4.69, 9.17) is 4.98 Å². The van der Waals surface area contributed by atoms with Crippen molar-refractivity contribution >= 4 is 11.3 Å². The zero-order chi connectivity index (χ0) is 14.4. The monoisotopic (exact) mass is 288 g/mol. The van der Waals surface area contributed by atoms with E-state index in [0.29, 0.717) is 6.04 Å². The molecule has 2 aromatic rings. The van der Waals surface area contributed by atoms with Crippen molar-refractivity contribution in [2.75, 3.05) is 0 Å². The predicted molar refractivity (Wildman–Crippen MR) is 87.9 cm³/mol. The molecule has 0 saturated carbocycles. The third-order valence-electron chi connectivity index (χ3n) is 3.40. The van der Waals surface area contributed by atoms with E-state index < -0.39 is 0 Å². The molecule has 1 unspecified atom stereocenters. The zero-order valence-corrected chi connectivity index (χ0v) is 13.4. The van der Waals surface area contributed by atoms with E-state index in [2.05, 4.69) is 55.7 Å². The van der Waals surface area contributed by atoms with E-state index in [1.54, 1.807) is 11.3 Å². The Balaban J connectivity index is 1.84. The zero-order valence-electron chi connectivity index (χ0n) is 12.6. The Kier molecular flexibility index (Phi) is 5.74. The van der Waals surface area contributed by atoms with Crippen LogP contribution in [0.2, 0.25) is 0 Å². The van der Waals surface area contributed by atoms with Crippen LogP contribution in [0.5, 0.6) is 0 Å². The lowest BCUT2D eigenvalue weighted by Gasteiger charge is -2.13. The molecule has 108 valence electrons. The molecule has 3 heteroatoms. The maximum Gasteiger partial charge on any atom is 0.107 e. The first-order valence-electron chi connectivity index (χ1n) is 7.38. The molecule has 1 atom stereocenters. The first-order valence-corrected chi connectivity index (χ1v) is 8.26. The van der Waals surface area contributed by atoms with Crippen molar-refractivity contribution in [3.63, 3.8) is 0 Å². The summed E-state index contributed by atoms with van der Waals surface area (Å²) in [7, 11) is 0. The van der Waals surface area contributed by atoms with Crippen LogP contribution in [0, 0.1) is 5.92 Å². The maximum absolute atomic E-state index is 4.70. The Morgan fingerprint density at radius 1 is 1.10 bits per heavy atom. The van der Waals surface area contributed by atoms with Gasteiger partial charge < -0.3 is 5.32 Å². The highest BCUT2D eigenvalue weighted by Gasteiger charge is 2.07. The lowest BCUT2D eigenvalue weighted by molar-refractivity contribution is 0.450. The molecule has 0 saturated heterocycles. The summed E-state index contributed by atoms with van der Waals surface area (Å²) in [5, 5.41) is 6.88. The molecule has 0 radical (unpaired) electrons. The molecule has 0 aliphatic carbocycles. The molecule has 0 amide bonds. The molecule has 20 heavy (non-hydrogen) atoms. The van der Waals surface area contributed by atoms with E-state index in [0.717, 1.165) is 18.2 Å². The fourth-order valence-electron chi connectivity index (χ4n) is 2.08. The normalized spacial score (nSPS) is 12.8. The van der Waals surface area contributed by atoms with Crippen LogP contribution < -0.4 is 5.32 Å². The first-order chi connectivity index (χ1) is 9.65. The van der Waals surface area contributed by atoms with Crippen LogP contribution in [0.25, 0.3) is 11.3 Å². The quantitative estimate of drug-likeness (QED) is 0.797. The molecule has 1 aromatic carbocycles. The predicted octanol–water partition coefficient (Wildman–Crippen LogP) is 4.72. The maximum atomic E-state index is 4.70. The topological polar surface area (TPSA) is 24.9 Å². The number of rotatable bonds is 7. The van der Waals surface area contributed by atoms with E-state index in [9.17, 15) is 0 Å². The fraction of sp³-hybridized carbons (Fsp3) is 0.471. The first kappa shape index (κ1) is 15.2. The summed E-state index contributed by atoms with van der Waals surface area (Å²) >= 11 is 1.74. The van der Waals surface area contributed by atoms with Crippen LogP contribution in [-0.4, -0.2) is 11.0 Å². The van der Waals surface area contributed by atoms with Crippen molar-refractivity contribution in [2.24, 2.45) is 5.92 Å². The van der Waals surface area contributed by atoms with Gasteiger partial charge in [0.15, 0.2) is 0 Å². The van der Waals surface area contributed by atoms with Crippen LogP contribution in [0.3, 0.4) is 0 Å². The van der Waals surface area contributed by atoms with Gasteiger partial charge in [0.05, 0.1) is 5.69 Å². The molecular formula is C17H24N2S. The Morgan fingerprint density at radius 3 is 2.55 bits per heavy atom. The van der Waals surface area contributed by atoms with Gasteiger partial charge in [-0.25, -0.2) is 4.98 Å². The van der Waals surface area contributed by atoms with Crippen LogP contribution in [-0.2, 0) is 6.54 Å². The average molecular weight is 288 g/mol. The van der Waals surface area contributed by atoms with E-state index in [1.165, 1.54) is 23.4 Å². The third-order valence-corrected chi connectivity index (χ3v) is 4.25. The standard InChI is InChI=1S/C17H24N2S/c1-13(2)9-10-14(3)18-11-17-19-16(12-20-17)15-7-5-4-6-8-15/h4-8,12-14,18H,9-11H2,1-3H3. The van der Waals surface area contributed by atoms with Gasteiger partial charge in [-0.3, -0.25) is 0 Å². The van der Waals surface area contributed by atoms with Gasteiger partial charge in [-0.1, -0.05) is 44.2 Å². The van der Waals surface area contributed by atoms with Gasteiger partial charge in [0.1, 0.15) is 5.01 Å². The Bertz CT molecular complexity index is 505. The third kappa shape index (κ3) is 4.73. The van der Waals surface area contributed by atoms with E-state index in [-0.39, 0.29) is 0 Å². The molecule has 2 nitrogen and oxygen atoms in total. The summed E-state index contributed by atoms with van der Waals surface area (Å²) in [6.45, 7) is 7.68. The van der Waals surface area contributed by atoms with Crippen LogP contribution in [0.15, 0.2) is 35.7 Å². The van der Waals surface area contributed by atoms with Crippen molar-refractivity contribution in [3.05, 3.63) is 40.7 Å². The number of aromatic nitrogens is 1. The van der Waals surface area contributed by atoms with E-state index >= 15 is 0 Å². The molecule has 1 heterocycles. The van der Waals surface area contributed by atoms with Gasteiger partial charge in [-0.15, -0.1) is 11.3 Å². The minimum Gasteiger partial charge on any atom is -0.308 e. The SMILES string of the molecule is CC(C)CCC(C)NCc1nc(-c2ccccc2)cs1. The summed E-state index contributed by atoms with van der Waals surface area (Å²) in [5.41, 5.74) is 2.28. The van der Waals surface area contributed by atoms with Gasteiger partial charge >= 0.3 is 0 Å². The summed E-state index contributed by atoms with van der Waals surface area (Å²) < 4.78 is 0. The second kappa shape index (κ2) is 7.55. The largest absolute Gasteiger partial charge is 0.308 e. The summed E-state index contributed by atoms with van der Waals surface area (Å²) in [6, 6.07) is 10.9. The minimum atomic E-state index is 0.557. The number of thiazole rings is 1. The average Bonchev–Trinajstić information content (AvgIpc) is 2.93. The lowest BCUT2D eigenvalue weighted by Crippen LogP contribution is -2.25. The molecule has 0 spiro atoms. The number of benzene rings is 1. The molecule has 0 aliphatic heterocycles. The number of hydrogen-bond acceptors (Lipinski definition) is 3. The molecule has 0 fully saturated rings. The minimum absolute atomic E-state index is 0.557. The molecule has 1 aromatic heterocycles. The summed E-state index contributed by atoms with van der Waals surface area (Å²) in [4.78, 5) is 4.70. The van der Waals surface area contributed by atoms with Crippen LogP contribution in [0.1, 0.15) is 38.6 Å². The van der Waals surface area contributed by atoms with Crippen molar-refractivity contribution in [1.29, 1.82) is 0 Å². The molecule has 0 aliphatic rings. The van der Waals surface area contributed by atoms with Gasteiger partial charge in [0.2, 0.25) is 0 Å². The highest BCUT2D eigenvalue weighted by Crippen LogP contribution is 2.21. The fourth-order valence-corrected chi connectivity index (χ4v) is 2.83. The lowest BCUT2D eigenvalue weighted by atomic mass is 10.0. The number of nitrogens with zero attached hydrogens (tertiary/aromatic N) is 1.